The second-order valence-corrected chi connectivity index (χ2v) is 4.09. The summed E-state index contributed by atoms with van der Waals surface area (Å²) in [7, 11) is 0. The maximum atomic E-state index is 4.53. The minimum atomic E-state index is 0.816. The van der Waals surface area contributed by atoms with Crippen molar-refractivity contribution in [1.29, 1.82) is 0 Å². The van der Waals surface area contributed by atoms with Crippen molar-refractivity contribution >= 4 is 16.9 Å². The highest BCUT2D eigenvalue weighted by Crippen LogP contribution is 2.10. The van der Waals surface area contributed by atoms with Crippen molar-refractivity contribution in [2.45, 2.75) is 6.42 Å². The molecular weight excluding hydrogens is 224 g/mol. The highest BCUT2D eigenvalue weighted by molar-refractivity contribution is 5.74. The van der Waals surface area contributed by atoms with Gasteiger partial charge >= 0.3 is 0 Å². The Bertz CT molecular complexity index is 597. The van der Waals surface area contributed by atoms with Crippen LogP contribution in [0.15, 0.2) is 48.7 Å². The zero-order chi connectivity index (χ0) is 12.2. The van der Waals surface area contributed by atoms with E-state index in [1.54, 1.807) is 6.20 Å². The second kappa shape index (κ2) is 4.87. The Hall–Kier alpha value is -2.36. The summed E-state index contributed by atoms with van der Waals surface area (Å²) in [4.78, 5) is 12.0. The number of rotatable bonds is 4. The molecule has 2 aromatic heterocycles. The molecule has 0 amide bonds. The number of aromatic amines is 1. The monoisotopic (exact) mass is 238 g/mol. The van der Waals surface area contributed by atoms with E-state index in [1.165, 1.54) is 0 Å². The summed E-state index contributed by atoms with van der Waals surface area (Å²) in [6.45, 7) is 0.816. The van der Waals surface area contributed by atoms with E-state index in [-0.39, 0.29) is 0 Å². The fraction of sp³-hybridized carbons (Fsp3) is 0.143. The van der Waals surface area contributed by atoms with Crippen LogP contribution in [0.4, 0.5) is 5.82 Å². The first-order chi connectivity index (χ1) is 8.92. The number of imidazole rings is 1. The van der Waals surface area contributed by atoms with Gasteiger partial charge in [0.2, 0.25) is 0 Å². The molecule has 4 heteroatoms. The van der Waals surface area contributed by atoms with Crippen molar-refractivity contribution in [3.05, 3.63) is 54.5 Å². The number of para-hydroxylation sites is 2. The van der Waals surface area contributed by atoms with Crippen LogP contribution in [0.2, 0.25) is 0 Å². The summed E-state index contributed by atoms with van der Waals surface area (Å²) < 4.78 is 0. The normalized spacial score (nSPS) is 10.7. The summed E-state index contributed by atoms with van der Waals surface area (Å²) in [6.07, 6.45) is 2.63. The van der Waals surface area contributed by atoms with Crippen molar-refractivity contribution in [1.82, 2.24) is 15.0 Å². The Labute approximate surface area is 105 Å². The summed E-state index contributed by atoms with van der Waals surface area (Å²) >= 11 is 0. The molecule has 0 atom stereocenters. The molecule has 0 unspecified atom stereocenters. The lowest BCUT2D eigenvalue weighted by molar-refractivity contribution is 0.928. The largest absolute Gasteiger partial charge is 0.370 e. The Kier molecular flexibility index (Phi) is 2.92. The van der Waals surface area contributed by atoms with Gasteiger partial charge < -0.3 is 10.3 Å². The molecule has 90 valence electrons. The third-order valence-electron chi connectivity index (χ3n) is 2.77. The molecule has 0 bridgehead atoms. The number of nitrogens with zero attached hydrogens (tertiary/aromatic N) is 2. The summed E-state index contributed by atoms with van der Waals surface area (Å²) in [5, 5.41) is 3.27. The number of benzene rings is 1. The number of aromatic nitrogens is 3. The Morgan fingerprint density at radius 3 is 2.78 bits per heavy atom. The quantitative estimate of drug-likeness (QED) is 0.734. The van der Waals surface area contributed by atoms with Crippen LogP contribution in [-0.4, -0.2) is 21.5 Å². The number of anilines is 1. The van der Waals surface area contributed by atoms with E-state index >= 15 is 0 Å². The maximum Gasteiger partial charge on any atom is 0.125 e. The van der Waals surface area contributed by atoms with E-state index in [2.05, 4.69) is 20.3 Å². The van der Waals surface area contributed by atoms with Crippen molar-refractivity contribution in [2.75, 3.05) is 11.9 Å². The number of fused-ring (bicyclic) bond motifs is 1. The molecule has 3 aromatic rings. The predicted molar refractivity (Wildman–Crippen MR) is 72.5 cm³/mol. The van der Waals surface area contributed by atoms with Gasteiger partial charge in [0.1, 0.15) is 11.6 Å². The van der Waals surface area contributed by atoms with Crippen molar-refractivity contribution in [2.24, 2.45) is 0 Å². The topological polar surface area (TPSA) is 53.6 Å². The number of nitrogens with one attached hydrogen (secondary N) is 2. The van der Waals surface area contributed by atoms with Gasteiger partial charge in [0.05, 0.1) is 11.0 Å². The minimum absolute atomic E-state index is 0.816. The van der Waals surface area contributed by atoms with Crippen LogP contribution in [0.1, 0.15) is 5.82 Å². The molecule has 18 heavy (non-hydrogen) atoms. The molecule has 3 rings (SSSR count). The fourth-order valence-corrected chi connectivity index (χ4v) is 1.90. The van der Waals surface area contributed by atoms with Crippen molar-refractivity contribution in [3.63, 3.8) is 0 Å². The molecule has 0 aliphatic heterocycles. The first-order valence-corrected chi connectivity index (χ1v) is 6.00. The van der Waals surface area contributed by atoms with Gasteiger partial charge in [-0.05, 0) is 24.3 Å². The molecule has 0 aliphatic carbocycles. The van der Waals surface area contributed by atoms with E-state index in [0.29, 0.717) is 0 Å². The van der Waals surface area contributed by atoms with Crippen molar-refractivity contribution in [3.8, 4) is 0 Å². The predicted octanol–water partition coefficient (Wildman–Crippen LogP) is 2.61. The fourth-order valence-electron chi connectivity index (χ4n) is 1.90. The third-order valence-corrected chi connectivity index (χ3v) is 2.77. The number of hydrogen-bond donors (Lipinski definition) is 2. The van der Waals surface area contributed by atoms with Crippen molar-refractivity contribution < 1.29 is 0 Å². The molecule has 0 radical (unpaired) electrons. The van der Waals surface area contributed by atoms with E-state index in [1.807, 2.05) is 42.5 Å². The van der Waals surface area contributed by atoms with E-state index in [0.717, 1.165) is 35.6 Å². The first-order valence-electron chi connectivity index (χ1n) is 6.00. The average molecular weight is 238 g/mol. The lowest BCUT2D eigenvalue weighted by atomic mass is 10.3. The van der Waals surface area contributed by atoms with Gasteiger partial charge in [-0.25, -0.2) is 9.97 Å². The average Bonchev–Trinajstić information content (AvgIpc) is 2.82. The Morgan fingerprint density at radius 2 is 1.94 bits per heavy atom. The van der Waals surface area contributed by atoms with Crippen LogP contribution in [0.5, 0.6) is 0 Å². The van der Waals surface area contributed by atoms with Gasteiger partial charge in [-0.2, -0.15) is 0 Å². The number of pyridine rings is 1. The lowest BCUT2D eigenvalue weighted by Crippen LogP contribution is -2.06. The smallest absolute Gasteiger partial charge is 0.125 e. The lowest BCUT2D eigenvalue weighted by Gasteiger charge is -2.02. The van der Waals surface area contributed by atoms with Crippen LogP contribution in [0, 0.1) is 0 Å². The van der Waals surface area contributed by atoms with Gasteiger partial charge in [-0.1, -0.05) is 18.2 Å². The SMILES string of the molecule is c1ccc(NCCc2nc3ccccc3[nH]2)nc1. The molecule has 0 aliphatic rings. The molecule has 0 saturated carbocycles. The number of H-pyrrole nitrogens is 1. The Morgan fingerprint density at radius 1 is 1.06 bits per heavy atom. The zero-order valence-electron chi connectivity index (χ0n) is 9.93. The van der Waals surface area contributed by atoms with Crippen LogP contribution in [-0.2, 0) is 6.42 Å². The van der Waals surface area contributed by atoms with Gasteiger partial charge in [-0.15, -0.1) is 0 Å². The molecule has 0 fully saturated rings. The number of hydrogen-bond acceptors (Lipinski definition) is 3. The zero-order valence-corrected chi connectivity index (χ0v) is 9.93. The third kappa shape index (κ3) is 2.32. The van der Waals surface area contributed by atoms with E-state index in [9.17, 15) is 0 Å². The van der Waals surface area contributed by atoms with Crippen LogP contribution < -0.4 is 5.32 Å². The van der Waals surface area contributed by atoms with Crippen LogP contribution >= 0.6 is 0 Å². The van der Waals surface area contributed by atoms with Gasteiger partial charge in [0, 0.05) is 19.2 Å². The van der Waals surface area contributed by atoms with Crippen LogP contribution in [0.25, 0.3) is 11.0 Å². The summed E-state index contributed by atoms with van der Waals surface area (Å²) in [5.41, 5.74) is 2.11. The molecule has 4 nitrogen and oxygen atoms in total. The van der Waals surface area contributed by atoms with Gasteiger partial charge in [0.15, 0.2) is 0 Å². The standard InChI is InChI=1S/C14H14N4/c1-2-6-12-11(5-1)17-14(18-12)8-10-16-13-7-3-4-9-15-13/h1-7,9H,8,10H2,(H,15,16)(H,17,18). The highest BCUT2D eigenvalue weighted by atomic mass is 15.0. The second-order valence-electron chi connectivity index (χ2n) is 4.09. The highest BCUT2D eigenvalue weighted by Gasteiger charge is 2.01. The Balaban J connectivity index is 1.63. The molecule has 2 N–H and O–H groups in total. The summed E-state index contributed by atoms with van der Waals surface area (Å²) in [5.74, 6) is 1.90. The van der Waals surface area contributed by atoms with E-state index < -0.39 is 0 Å². The maximum absolute atomic E-state index is 4.53. The first kappa shape index (κ1) is 10.8. The minimum Gasteiger partial charge on any atom is -0.370 e. The van der Waals surface area contributed by atoms with Gasteiger partial charge in [0.25, 0.3) is 0 Å². The molecule has 0 saturated heterocycles. The molecule has 2 heterocycles. The summed E-state index contributed by atoms with van der Waals surface area (Å²) in [6, 6.07) is 13.9. The van der Waals surface area contributed by atoms with E-state index in [4.69, 9.17) is 0 Å². The molecule has 0 spiro atoms. The molecule has 1 aromatic carbocycles. The van der Waals surface area contributed by atoms with Crippen LogP contribution in [0.3, 0.4) is 0 Å². The molecular formula is C14H14N4. The van der Waals surface area contributed by atoms with Gasteiger partial charge in [-0.3, -0.25) is 0 Å².